The summed E-state index contributed by atoms with van der Waals surface area (Å²) in [7, 11) is 4.70. The van der Waals surface area contributed by atoms with Crippen molar-refractivity contribution in [2.45, 2.75) is 6.42 Å². The van der Waals surface area contributed by atoms with Crippen molar-refractivity contribution < 1.29 is 19.0 Å². The predicted octanol–water partition coefficient (Wildman–Crippen LogP) is 4.63. The number of nitrogens with one attached hydrogen (secondary N) is 3. The third kappa shape index (κ3) is 5.73. The first-order chi connectivity index (χ1) is 17.1. The minimum atomic E-state index is -0.321. The number of nitrogens with zero attached hydrogens (tertiary/aromatic N) is 1. The number of carbonyl (C=O) groups is 1. The molecule has 3 N–H and O–H groups in total. The highest BCUT2D eigenvalue weighted by Gasteiger charge is 2.13. The van der Waals surface area contributed by atoms with Crippen LogP contribution in [0.15, 0.2) is 77.9 Å². The number of carbonyl (C=O) groups excluding carboxylic acids is 1. The molecule has 8 heteroatoms. The van der Waals surface area contributed by atoms with E-state index < -0.39 is 0 Å². The zero-order chi connectivity index (χ0) is 24.6. The molecule has 0 spiro atoms. The highest BCUT2D eigenvalue weighted by molar-refractivity contribution is 6.10. The summed E-state index contributed by atoms with van der Waals surface area (Å²) in [4.78, 5) is 21.0. The van der Waals surface area contributed by atoms with E-state index in [1.165, 1.54) is 18.1 Å². The van der Waals surface area contributed by atoms with E-state index >= 15 is 0 Å². The van der Waals surface area contributed by atoms with E-state index in [4.69, 9.17) is 14.2 Å². The van der Waals surface area contributed by atoms with E-state index in [9.17, 15) is 4.79 Å². The number of rotatable bonds is 8. The summed E-state index contributed by atoms with van der Waals surface area (Å²) in [6.07, 6.45) is 2.71. The van der Waals surface area contributed by atoms with Crippen LogP contribution in [-0.2, 0) is 6.42 Å². The van der Waals surface area contributed by atoms with Crippen molar-refractivity contribution in [3.8, 4) is 17.2 Å². The number of H-pyrrole nitrogens is 1. The SMILES string of the molecule is COc1ccc(NC(=NCCc2c[nH]c3ccccc23)NC(=O)c2ccc(OC)c(OC)c2)cc1. The smallest absolute Gasteiger partial charge is 0.258 e. The molecule has 8 nitrogen and oxygen atoms in total. The summed E-state index contributed by atoms with van der Waals surface area (Å²) >= 11 is 0. The molecule has 35 heavy (non-hydrogen) atoms. The average Bonchev–Trinajstić information content (AvgIpc) is 3.31. The van der Waals surface area contributed by atoms with E-state index in [1.54, 1.807) is 32.4 Å². The summed E-state index contributed by atoms with van der Waals surface area (Å²) in [5.74, 6) is 1.78. The van der Waals surface area contributed by atoms with Gasteiger partial charge in [-0.15, -0.1) is 0 Å². The van der Waals surface area contributed by atoms with Gasteiger partial charge in [-0.1, -0.05) is 18.2 Å². The maximum atomic E-state index is 13.0. The molecule has 4 aromatic rings. The Morgan fingerprint density at radius 2 is 1.69 bits per heavy atom. The molecular formula is C27H28N4O4. The number of methoxy groups -OCH3 is 3. The summed E-state index contributed by atoms with van der Waals surface area (Å²) in [6.45, 7) is 0.479. The van der Waals surface area contributed by atoms with Gasteiger partial charge in [0.15, 0.2) is 11.5 Å². The Bertz CT molecular complexity index is 1330. The number of hydrogen-bond acceptors (Lipinski definition) is 5. The second kappa shape index (κ2) is 11.1. The molecule has 0 saturated heterocycles. The first kappa shape index (κ1) is 23.7. The van der Waals surface area contributed by atoms with Crippen LogP contribution >= 0.6 is 0 Å². The van der Waals surface area contributed by atoms with Crippen molar-refractivity contribution >= 4 is 28.5 Å². The summed E-state index contributed by atoms with van der Waals surface area (Å²) in [5, 5.41) is 7.25. The van der Waals surface area contributed by atoms with Crippen molar-refractivity contribution in [1.82, 2.24) is 10.3 Å². The van der Waals surface area contributed by atoms with Crippen LogP contribution in [0.4, 0.5) is 5.69 Å². The third-order valence-corrected chi connectivity index (χ3v) is 5.56. The summed E-state index contributed by atoms with van der Waals surface area (Å²) < 4.78 is 15.8. The van der Waals surface area contributed by atoms with Gasteiger partial charge in [0.1, 0.15) is 5.75 Å². The van der Waals surface area contributed by atoms with Crippen LogP contribution in [0.3, 0.4) is 0 Å². The van der Waals surface area contributed by atoms with E-state index in [-0.39, 0.29) is 5.91 Å². The number of para-hydroxylation sites is 1. The number of benzene rings is 3. The van der Waals surface area contributed by atoms with Gasteiger partial charge >= 0.3 is 0 Å². The molecule has 0 radical (unpaired) electrons. The van der Waals surface area contributed by atoms with E-state index in [0.29, 0.717) is 36.0 Å². The van der Waals surface area contributed by atoms with Crippen molar-refractivity contribution in [1.29, 1.82) is 0 Å². The quantitative estimate of drug-likeness (QED) is 0.257. The molecule has 0 saturated carbocycles. The molecule has 0 bridgehead atoms. The minimum absolute atomic E-state index is 0.321. The Kier molecular flexibility index (Phi) is 7.52. The Balaban J connectivity index is 1.53. The van der Waals surface area contributed by atoms with E-state index in [0.717, 1.165) is 17.0 Å². The molecule has 3 aromatic carbocycles. The lowest BCUT2D eigenvalue weighted by Gasteiger charge is -2.13. The van der Waals surface area contributed by atoms with Gasteiger partial charge < -0.3 is 24.5 Å². The van der Waals surface area contributed by atoms with Gasteiger partial charge in [-0.25, -0.2) is 0 Å². The van der Waals surface area contributed by atoms with Gasteiger partial charge in [-0.3, -0.25) is 15.1 Å². The number of ether oxygens (including phenoxy) is 3. The monoisotopic (exact) mass is 472 g/mol. The molecule has 0 aliphatic rings. The lowest BCUT2D eigenvalue weighted by atomic mass is 10.1. The molecule has 4 rings (SSSR count). The topological polar surface area (TPSA) is 97.0 Å². The highest BCUT2D eigenvalue weighted by Crippen LogP contribution is 2.27. The molecule has 1 heterocycles. The molecular weight excluding hydrogens is 444 g/mol. The van der Waals surface area contributed by atoms with Crippen LogP contribution < -0.4 is 24.8 Å². The van der Waals surface area contributed by atoms with Crippen molar-refractivity contribution in [2.75, 3.05) is 33.2 Å². The molecule has 0 aliphatic heterocycles. The molecule has 0 atom stereocenters. The molecule has 0 fully saturated rings. The predicted molar refractivity (Wildman–Crippen MR) is 138 cm³/mol. The number of hydrogen-bond donors (Lipinski definition) is 3. The molecule has 180 valence electrons. The van der Waals surface area contributed by atoms with Gasteiger partial charge in [0, 0.05) is 34.9 Å². The maximum Gasteiger partial charge on any atom is 0.258 e. The van der Waals surface area contributed by atoms with E-state index in [1.807, 2.05) is 48.7 Å². The zero-order valence-corrected chi connectivity index (χ0v) is 19.9. The zero-order valence-electron chi connectivity index (χ0n) is 19.9. The third-order valence-electron chi connectivity index (χ3n) is 5.56. The largest absolute Gasteiger partial charge is 0.497 e. The van der Waals surface area contributed by atoms with Crippen LogP contribution in [0, 0.1) is 0 Å². The second-order valence-corrected chi connectivity index (χ2v) is 7.72. The molecule has 0 unspecified atom stereocenters. The second-order valence-electron chi connectivity index (χ2n) is 7.72. The Morgan fingerprint density at radius 3 is 2.43 bits per heavy atom. The number of aliphatic imine (C=N–C) groups is 1. The average molecular weight is 473 g/mol. The number of anilines is 1. The first-order valence-electron chi connectivity index (χ1n) is 11.1. The van der Waals surface area contributed by atoms with Gasteiger partial charge in [-0.05, 0) is 60.5 Å². The number of fused-ring (bicyclic) bond motifs is 1. The minimum Gasteiger partial charge on any atom is -0.497 e. The Morgan fingerprint density at radius 1 is 0.914 bits per heavy atom. The first-order valence-corrected chi connectivity index (χ1v) is 11.1. The van der Waals surface area contributed by atoms with Crippen molar-refractivity contribution in [3.63, 3.8) is 0 Å². The van der Waals surface area contributed by atoms with Crippen LogP contribution in [-0.4, -0.2) is 44.7 Å². The summed E-state index contributed by atoms with van der Waals surface area (Å²) in [5.41, 5.74) is 3.44. The van der Waals surface area contributed by atoms with Gasteiger partial charge in [0.2, 0.25) is 5.96 Å². The lowest BCUT2D eigenvalue weighted by molar-refractivity contribution is 0.0976. The normalized spacial score (nSPS) is 11.2. The van der Waals surface area contributed by atoms with Gasteiger partial charge in [0.25, 0.3) is 5.91 Å². The standard InChI is InChI=1S/C27H28N4O4/c1-33-21-11-9-20(10-12-21)30-27(28-15-14-19-17-29-23-7-5-4-6-22(19)23)31-26(32)18-8-13-24(34-2)25(16-18)35-3/h4-13,16-17,29H,14-15H2,1-3H3,(H2,28,30,31,32). The lowest BCUT2D eigenvalue weighted by Crippen LogP contribution is -2.36. The van der Waals surface area contributed by atoms with Crippen LogP contribution in [0.1, 0.15) is 15.9 Å². The number of aromatic nitrogens is 1. The Hall–Kier alpha value is -4.46. The van der Waals surface area contributed by atoms with Crippen molar-refractivity contribution in [3.05, 3.63) is 84.1 Å². The number of guanidine groups is 1. The maximum absolute atomic E-state index is 13.0. The molecule has 0 aliphatic carbocycles. The number of amides is 1. The number of aromatic amines is 1. The van der Waals surface area contributed by atoms with Gasteiger partial charge in [-0.2, -0.15) is 0 Å². The van der Waals surface area contributed by atoms with Gasteiger partial charge in [0.05, 0.1) is 21.3 Å². The van der Waals surface area contributed by atoms with Crippen molar-refractivity contribution in [2.24, 2.45) is 4.99 Å². The summed E-state index contributed by atoms with van der Waals surface area (Å²) in [6, 6.07) is 20.5. The fourth-order valence-corrected chi connectivity index (χ4v) is 3.71. The Labute approximate surface area is 203 Å². The van der Waals surface area contributed by atoms with Crippen LogP contribution in [0.25, 0.3) is 10.9 Å². The fourth-order valence-electron chi connectivity index (χ4n) is 3.71. The molecule has 1 aromatic heterocycles. The van der Waals surface area contributed by atoms with Crippen LogP contribution in [0.2, 0.25) is 0 Å². The van der Waals surface area contributed by atoms with Crippen LogP contribution in [0.5, 0.6) is 17.2 Å². The molecule has 1 amide bonds. The van der Waals surface area contributed by atoms with E-state index in [2.05, 4.69) is 26.7 Å². The highest BCUT2D eigenvalue weighted by atomic mass is 16.5. The fraction of sp³-hybridized carbons (Fsp3) is 0.185.